The van der Waals surface area contributed by atoms with Crippen LogP contribution in [0.5, 0.6) is 0 Å². The van der Waals surface area contributed by atoms with Crippen molar-refractivity contribution in [1.29, 1.82) is 10.5 Å². The summed E-state index contributed by atoms with van der Waals surface area (Å²) in [7, 11) is 0. The topological polar surface area (TPSA) is 155 Å². The SMILES string of the molecule is N#Cc1cc(N[C@H]2CO[C@H](CO)[C@H](O)[C@@H]2O)nc(C#N)n1. The van der Waals surface area contributed by atoms with Gasteiger partial charge in [-0.3, -0.25) is 0 Å². The minimum Gasteiger partial charge on any atom is -0.394 e. The molecule has 1 fully saturated rings. The van der Waals surface area contributed by atoms with Crippen molar-refractivity contribution in [3.8, 4) is 12.1 Å². The summed E-state index contributed by atoms with van der Waals surface area (Å²) in [5.74, 6) is -0.0167. The number of hydrogen-bond acceptors (Lipinski definition) is 9. The van der Waals surface area contributed by atoms with E-state index in [0.29, 0.717) is 0 Å². The molecule has 4 atom stereocenters. The molecule has 4 N–H and O–H groups in total. The van der Waals surface area contributed by atoms with Crippen LogP contribution in [0.1, 0.15) is 11.5 Å². The van der Waals surface area contributed by atoms with Crippen molar-refractivity contribution in [3.05, 3.63) is 17.6 Å². The molecule has 0 amide bonds. The van der Waals surface area contributed by atoms with E-state index in [0.717, 1.165) is 0 Å². The molecule has 9 nitrogen and oxygen atoms in total. The second-order valence-electron chi connectivity index (χ2n) is 4.47. The van der Waals surface area contributed by atoms with Gasteiger partial charge in [0.15, 0.2) is 0 Å². The van der Waals surface area contributed by atoms with Gasteiger partial charge in [-0.25, -0.2) is 9.97 Å². The maximum absolute atomic E-state index is 9.98. The second-order valence-corrected chi connectivity index (χ2v) is 4.47. The standard InChI is InChI=1S/C12H13N5O4/c13-2-6-1-9(17-10(3-14)15-6)16-7-5-21-8(4-18)12(20)11(7)19/h1,7-8,11-12,18-20H,4-5H2,(H,15,16,17)/t7-,8+,11+,12-/m0/s1. The summed E-state index contributed by atoms with van der Waals surface area (Å²) >= 11 is 0. The summed E-state index contributed by atoms with van der Waals surface area (Å²) < 4.78 is 5.21. The fraction of sp³-hybridized carbons (Fsp3) is 0.500. The number of ether oxygens (including phenoxy) is 1. The summed E-state index contributed by atoms with van der Waals surface area (Å²) in [5.41, 5.74) is 0.00375. The van der Waals surface area contributed by atoms with E-state index < -0.39 is 31.0 Å². The van der Waals surface area contributed by atoms with E-state index in [2.05, 4.69) is 15.3 Å². The molecule has 0 radical (unpaired) electrons. The van der Waals surface area contributed by atoms with Gasteiger partial charge in [0.25, 0.3) is 0 Å². The highest BCUT2D eigenvalue weighted by atomic mass is 16.5. The van der Waals surface area contributed by atoms with Gasteiger partial charge in [-0.2, -0.15) is 10.5 Å². The molecule has 2 heterocycles. The molecular weight excluding hydrogens is 278 g/mol. The monoisotopic (exact) mass is 291 g/mol. The van der Waals surface area contributed by atoms with Crippen molar-refractivity contribution < 1.29 is 20.1 Å². The smallest absolute Gasteiger partial charge is 0.235 e. The average molecular weight is 291 g/mol. The summed E-state index contributed by atoms with van der Waals surface area (Å²) in [4.78, 5) is 7.53. The van der Waals surface area contributed by atoms with E-state index in [1.165, 1.54) is 6.07 Å². The van der Waals surface area contributed by atoms with Crippen LogP contribution in [0.25, 0.3) is 0 Å². The van der Waals surface area contributed by atoms with E-state index in [9.17, 15) is 10.2 Å². The average Bonchev–Trinajstić information content (AvgIpc) is 2.51. The van der Waals surface area contributed by atoms with E-state index >= 15 is 0 Å². The third-order valence-electron chi connectivity index (χ3n) is 3.09. The number of hydrogen-bond donors (Lipinski definition) is 4. The number of aromatic nitrogens is 2. The van der Waals surface area contributed by atoms with Crippen LogP contribution in [0.3, 0.4) is 0 Å². The predicted molar refractivity (Wildman–Crippen MR) is 67.7 cm³/mol. The molecule has 1 aromatic heterocycles. The maximum Gasteiger partial charge on any atom is 0.235 e. The molecule has 0 aromatic carbocycles. The Hall–Kier alpha value is -2.30. The summed E-state index contributed by atoms with van der Waals surface area (Å²) in [6.45, 7) is -0.382. The fourth-order valence-corrected chi connectivity index (χ4v) is 1.99. The van der Waals surface area contributed by atoms with Crippen molar-refractivity contribution in [3.63, 3.8) is 0 Å². The normalized spacial score (nSPS) is 28.4. The van der Waals surface area contributed by atoms with Crippen LogP contribution in [0.15, 0.2) is 6.07 Å². The van der Waals surface area contributed by atoms with Gasteiger partial charge in [-0.15, -0.1) is 0 Å². The first-order valence-corrected chi connectivity index (χ1v) is 6.13. The highest BCUT2D eigenvalue weighted by Gasteiger charge is 2.38. The molecule has 1 aliphatic heterocycles. The predicted octanol–water partition coefficient (Wildman–Crippen LogP) is -1.89. The molecule has 1 aromatic rings. The zero-order valence-electron chi connectivity index (χ0n) is 10.8. The van der Waals surface area contributed by atoms with Gasteiger partial charge in [0.1, 0.15) is 42.0 Å². The quantitative estimate of drug-likeness (QED) is 0.500. The summed E-state index contributed by atoms with van der Waals surface area (Å²) in [5, 5.41) is 49.1. The van der Waals surface area contributed by atoms with Crippen LogP contribution in [-0.2, 0) is 4.74 Å². The van der Waals surface area contributed by atoms with Gasteiger partial charge in [0, 0.05) is 6.07 Å². The summed E-state index contributed by atoms with van der Waals surface area (Å²) in [6, 6.07) is 4.14. The van der Waals surface area contributed by atoms with E-state index in [4.69, 9.17) is 20.4 Å². The lowest BCUT2D eigenvalue weighted by Crippen LogP contribution is -2.56. The van der Waals surface area contributed by atoms with Crippen LogP contribution in [0.2, 0.25) is 0 Å². The highest BCUT2D eigenvalue weighted by Crippen LogP contribution is 2.18. The van der Waals surface area contributed by atoms with Crippen molar-refractivity contribution in [2.45, 2.75) is 24.4 Å². The Morgan fingerprint density at radius 1 is 1.29 bits per heavy atom. The molecular formula is C12H13N5O4. The summed E-state index contributed by atoms with van der Waals surface area (Å²) in [6.07, 6.45) is -3.30. The van der Waals surface area contributed by atoms with Crippen molar-refractivity contribution in [2.24, 2.45) is 0 Å². The Morgan fingerprint density at radius 2 is 2.05 bits per heavy atom. The lowest BCUT2D eigenvalue weighted by Gasteiger charge is -2.37. The Morgan fingerprint density at radius 3 is 2.67 bits per heavy atom. The Labute approximate surface area is 120 Å². The molecule has 0 aliphatic carbocycles. The van der Waals surface area contributed by atoms with E-state index in [-0.39, 0.29) is 23.9 Å². The zero-order chi connectivity index (χ0) is 15.4. The second kappa shape index (κ2) is 6.43. The van der Waals surface area contributed by atoms with Crippen molar-refractivity contribution in [2.75, 3.05) is 18.5 Å². The molecule has 1 aliphatic rings. The first kappa shape index (κ1) is 15.1. The largest absolute Gasteiger partial charge is 0.394 e. The number of nitrogens with zero attached hydrogens (tertiary/aromatic N) is 4. The molecule has 9 heteroatoms. The third kappa shape index (κ3) is 3.24. The first-order chi connectivity index (χ1) is 10.1. The van der Waals surface area contributed by atoms with Gasteiger partial charge in [0.05, 0.1) is 19.3 Å². The number of anilines is 1. The highest BCUT2D eigenvalue weighted by molar-refractivity contribution is 5.43. The van der Waals surface area contributed by atoms with Crippen LogP contribution in [0.4, 0.5) is 5.82 Å². The van der Waals surface area contributed by atoms with Gasteiger partial charge < -0.3 is 25.4 Å². The van der Waals surface area contributed by atoms with E-state index in [1.54, 1.807) is 12.1 Å². The fourth-order valence-electron chi connectivity index (χ4n) is 1.99. The number of nitriles is 2. The Bertz CT molecular complexity index is 564. The first-order valence-electron chi connectivity index (χ1n) is 6.13. The lowest BCUT2D eigenvalue weighted by molar-refractivity contribution is -0.152. The van der Waals surface area contributed by atoms with Gasteiger partial charge in [-0.05, 0) is 0 Å². The van der Waals surface area contributed by atoms with Gasteiger partial charge in [0.2, 0.25) is 5.82 Å². The number of aliphatic hydroxyl groups excluding tert-OH is 3. The van der Waals surface area contributed by atoms with Crippen molar-refractivity contribution >= 4 is 5.82 Å². The molecule has 110 valence electrons. The van der Waals surface area contributed by atoms with Gasteiger partial charge in [-0.1, -0.05) is 0 Å². The minimum absolute atomic E-state index is 0.00375. The van der Waals surface area contributed by atoms with Crippen LogP contribution >= 0.6 is 0 Å². The van der Waals surface area contributed by atoms with Gasteiger partial charge >= 0.3 is 0 Å². The Kier molecular flexibility index (Phi) is 4.62. The minimum atomic E-state index is -1.26. The zero-order valence-corrected chi connectivity index (χ0v) is 10.8. The van der Waals surface area contributed by atoms with Crippen molar-refractivity contribution in [1.82, 2.24) is 9.97 Å². The maximum atomic E-state index is 9.98. The van der Waals surface area contributed by atoms with Crippen LogP contribution < -0.4 is 5.32 Å². The Balaban J connectivity index is 2.16. The molecule has 1 saturated heterocycles. The lowest BCUT2D eigenvalue weighted by atomic mass is 9.98. The molecule has 0 bridgehead atoms. The van der Waals surface area contributed by atoms with E-state index in [1.807, 2.05) is 0 Å². The molecule has 21 heavy (non-hydrogen) atoms. The van der Waals surface area contributed by atoms with Crippen LogP contribution in [0, 0.1) is 22.7 Å². The molecule has 0 unspecified atom stereocenters. The van der Waals surface area contributed by atoms with Crippen LogP contribution in [-0.4, -0.2) is 62.9 Å². The third-order valence-corrected chi connectivity index (χ3v) is 3.09. The molecule has 0 saturated carbocycles. The number of rotatable bonds is 3. The molecule has 0 spiro atoms. The molecule has 2 rings (SSSR count). The number of nitrogens with one attached hydrogen (secondary N) is 1. The number of aliphatic hydroxyl groups is 3.